The predicted molar refractivity (Wildman–Crippen MR) is 115 cm³/mol. The highest BCUT2D eigenvalue weighted by Gasteiger charge is 2.42. The number of carbonyl (C=O) groups is 1. The minimum Gasteiger partial charge on any atom is -0.496 e. The van der Waals surface area contributed by atoms with Crippen LogP contribution in [0.5, 0.6) is 5.75 Å². The van der Waals surface area contributed by atoms with Gasteiger partial charge in [0.05, 0.1) is 13.4 Å². The monoisotopic (exact) mass is 405 g/mol. The number of para-hydroxylation sites is 1. The average molecular weight is 405 g/mol. The van der Waals surface area contributed by atoms with Gasteiger partial charge >= 0.3 is 0 Å². The number of nitrogens with one attached hydrogen (secondary N) is 2. The van der Waals surface area contributed by atoms with Gasteiger partial charge in [-0.15, -0.1) is 0 Å². The van der Waals surface area contributed by atoms with Gasteiger partial charge < -0.3 is 19.8 Å². The predicted octanol–water partition coefficient (Wildman–Crippen LogP) is 3.54. The lowest BCUT2D eigenvalue weighted by Crippen LogP contribution is -2.48. The third-order valence-corrected chi connectivity index (χ3v) is 5.59. The molecule has 0 aliphatic carbocycles. The number of ether oxygens (including phenoxy) is 2. The summed E-state index contributed by atoms with van der Waals surface area (Å²) in [4.78, 5) is 20.1. The Morgan fingerprint density at radius 3 is 2.93 bits per heavy atom. The zero-order chi connectivity index (χ0) is 20.8. The van der Waals surface area contributed by atoms with Crippen molar-refractivity contribution in [3.8, 4) is 16.9 Å². The Morgan fingerprint density at radius 1 is 1.27 bits per heavy atom. The molecule has 1 atom stereocenters. The van der Waals surface area contributed by atoms with Gasteiger partial charge in [-0.25, -0.2) is 4.98 Å². The summed E-state index contributed by atoms with van der Waals surface area (Å²) in [5.41, 5.74) is 3.36. The second kappa shape index (κ2) is 9.13. The number of methoxy groups -OCH3 is 1. The van der Waals surface area contributed by atoms with E-state index in [1.807, 2.05) is 30.3 Å². The van der Waals surface area contributed by atoms with E-state index in [0.717, 1.165) is 41.0 Å². The van der Waals surface area contributed by atoms with E-state index in [-0.39, 0.29) is 5.91 Å². The second-order valence-corrected chi connectivity index (χ2v) is 7.61. The zero-order valence-corrected chi connectivity index (χ0v) is 17.2. The van der Waals surface area contributed by atoms with Crippen molar-refractivity contribution < 1.29 is 14.3 Å². The summed E-state index contributed by atoms with van der Waals surface area (Å²) >= 11 is 0. The minimum absolute atomic E-state index is 0.0396. The van der Waals surface area contributed by atoms with Crippen LogP contribution in [0.15, 0.2) is 61.1 Å². The van der Waals surface area contributed by atoms with Crippen LogP contribution in [-0.4, -0.2) is 41.7 Å². The van der Waals surface area contributed by atoms with Gasteiger partial charge in [-0.05, 0) is 30.0 Å². The smallest absolute Gasteiger partial charge is 0.252 e. The summed E-state index contributed by atoms with van der Waals surface area (Å²) < 4.78 is 11.5. The number of benzene rings is 2. The lowest BCUT2D eigenvalue weighted by atomic mass is 9.89. The molecular weight excluding hydrogens is 378 g/mol. The number of aromatic amines is 1. The molecule has 156 valence electrons. The summed E-state index contributed by atoms with van der Waals surface area (Å²) in [5.74, 6) is 0.792. The summed E-state index contributed by atoms with van der Waals surface area (Å²) in [7, 11) is 1.68. The lowest BCUT2D eigenvalue weighted by molar-refractivity contribution is -0.141. The molecule has 6 nitrogen and oxygen atoms in total. The van der Waals surface area contributed by atoms with Crippen molar-refractivity contribution in [3.63, 3.8) is 0 Å². The van der Waals surface area contributed by atoms with Crippen molar-refractivity contribution in [2.75, 3.05) is 20.3 Å². The Kier molecular flexibility index (Phi) is 6.14. The molecule has 1 saturated heterocycles. The minimum atomic E-state index is -0.812. The molecule has 1 fully saturated rings. The molecule has 0 radical (unpaired) electrons. The van der Waals surface area contributed by atoms with Crippen LogP contribution in [0.1, 0.15) is 24.1 Å². The van der Waals surface area contributed by atoms with Crippen molar-refractivity contribution in [1.82, 2.24) is 15.3 Å². The molecule has 1 amide bonds. The van der Waals surface area contributed by atoms with Gasteiger partial charge in [-0.1, -0.05) is 42.5 Å². The molecule has 1 aliphatic heterocycles. The average Bonchev–Trinajstić information content (AvgIpc) is 3.47. The fraction of sp³-hybridized carbons (Fsp3) is 0.333. The van der Waals surface area contributed by atoms with E-state index in [2.05, 4.69) is 33.5 Å². The molecule has 0 bridgehead atoms. The molecule has 0 unspecified atom stereocenters. The maximum atomic E-state index is 13.1. The maximum absolute atomic E-state index is 13.1. The van der Waals surface area contributed by atoms with Crippen molar-refractivity contribution >= 4 is 5.91 Å². The molecular formula is C24H27N3O3. The van der Waals surface area contributed by atoms with Crippen LogP contribution in [0.4, 0.5) is 0 Å². The Bertz CT molecular complexity index is 979. The SMILES string of the molecule is COc1ccccc1-c1cccc(C[C@]2(C(=O)NCCc3cnc[nH]3)CCCO2)c1. The summed E-state index contributed by atoms with van der Waals surface area (Å²) in [6, 6.07) is 16.2. The van der Waals surface area contributed by atoms with Crippen molar-refractivity contribution in [2.24, 2.45) is 0 Å². The Balaban J connectivity index is 1.49. The molecule has 0 spiro atoms. The van der Waals surface area contributed by atoms with Gasteiger partial charge in [0.25, 0.3) is 5.91 Å². The number of aromatic nitrogens is 2. The number of carbonyl (C=O) groups excluding carboxylic acids is 1. The Labute approximate surface area is 176 Å². The number of hydrogen-bond donors (Lipinski definition) is 2. The molecule has 3 aromatic rings. The number of hydrogen-bond acceptors (Lipinski definition) is 4. The molecule has 2 aromatic carbocycles. The van der Waals surface area contributed by atoms with E-state index in [4.69, 9.17) is 9.47 Å². The van der Waals surface area contributed by atoms with Crippen LogP contribution in [0.2, 0.25) is 0 Å². The van der Waals surface area contributed by atoms with Crippen LogP contribution in [0.3, 0.4) is 0 Å². The number of nitrogens with zero attached hydrogens (tertiary/aromatic N) is 1. The Hall–Kier alpha value is -3.12. The largest absolute Gasteiger partial charge is 0.496 e. The van der Waals surface area contributed by atoms with Gasteiger partial charge in [0.1, 0.15) is 5.75 Å². The van der Waals surface area contributed by atoms with Crippen LogP contribution in [0.25, 0.3) is 11.1 Å². The van der Waals surface area contributed by atoms with Gasteiger partial charge in [0, 0.05) is 43.4 Å². The first-order valence-electron chi connectivity index (χ1n) is 10.3. The van der Waals surface area contributed by atoms with Crippen molar-refractivity contribution in [3.05, 3.63) is 72.3 Å². The molecule has 1 aliphatic rings. The summed E-state index contributed by atoms with van der Waals surface area (Å²) in [6.07, 6.45) is 6.30. The molecule has 2 heterocycles. The van der Waals surface area contributed by atoms with E-state index >= 15 is 0 Å². The number of amides is 1. The van der Waals surface area contributed by atoms with Gasteiger partial charge in [-0.3, -0.25) is 4.79 Å². The van der Waals surface area contributed by atoms with E-state index in [1.54, 1.807) is 19.6 Å². The van der Waals surface area contributed by atoms with Crippen LogP contribution >= 0.6 is 0 Å². The molecule has 30 heavy (non-hydrogen) atoms. The van der Waals surface area contributed by atoms with Crippen LogP contribution in [0, 0.1) is 0 Å². The highest BCUT2D eigenvalue weighted by atomic mass is 16.5. The molecule has 6 heteroatoms. The highest BCUT2D eigenvalue weighted by molar-refractivity contribution is 5.86. The first kappa shape index (κ1) is 20.2. The number of rotatable bonds is 8. The van der Waals surface area contributed by atoms with Crippen LogP contribution in [-0.2, 0) is 22.4 Å². The highest BCUT2D eigenvalue weighted by Crippen LogP contribution is 2.33. The lowest BCUT2D eigenvalue weighted by Gasteiger charge is -2.27. The number of imidazole rings is 1. The molecule has 2 N–H and O–H groups in total. The third kappa shape index (κ3) is 4.39. The normalized spacial score (nSPS) is 18.3. The van der Waals surface area contributed by atoms with Crippen molar-refractivity contribution in [2.45, 2.75) is 31.3 Å². The molecule has 1 aromatic heterocycles. The fourth-order valence-corrected chi connectivity index (χ4v) is 4.05. The van der Waals surface area contributed by atoms with Crippen LogP contribution < -0.4 is 10.1 Å². The third-order valence-electron chi connectivity index (χ3n) is 5.59. The summed E-state index contributed by atoms with van der Waals surface area (Å²) in [6.45, 7) is 1.16. The Morgan fingerprint density at radius 2 is 2.17 bits per heavy atom. The first-order valence-corrected chi connectivity index (χ1v) is 10.3. The first-order chi connectivity index (χ1) is 14.7. The second-order valence-electron chi connectivity index (χ2n) is 7.61. The van der Waals surface area contributed by atoms with E-state index in [9.17, 15) is 4.79 Å². The zero-order valence-electron chi connectivity index (χ0n) is 17.2. The van der Waals surface area contributed by atoms with Gasteiger partial charge in [0.15, 0.2) is 5.60 Å². The maximum Gasteiger partial charge on any atom is 0.252 e. The standard InChI is InChI=1S/C24H27N3O3/c1-29-22-9-3-2-8-21(22)19-7-4-6-18(14-19)15-24(11-5-13-30-24)23(28)26-12-10-20-16-25-17-27-20/h2-4,6-9,14,16-17H,5,10-13,15H2,1H3,(H,25,27)(H,26,28)/t24-/m0/s1. The molecule has 4 rings (SSSR count). The molecule has 0 saturated carbocycles. The number of H-pyrrole nitrogens is 1. The van der Waals surface area contributed by atoms with Gasteiger partial charge in [0.2, 0.25) is 0 Å². The van der Waals surface area contributed by atoms with Gasteiger partial charge in [-0.2, -0.15) is 0 Å². The fourth-order valence-electron chi connectivity index (χ4n) is 4.05. The topological polar surface area (TPSA) is 76.2 Å². The summed E-state index contributed by atoms with van der Waals surface area (Å²) in [5, 5.41) is 3.06. The van der Waals surface area contributed by atoms with Crippen molar-refractivity contribution in [1.29, 1.82) is 0 Å². The quantitative estimate of drug-likeness (QED) is 0.601. The van der Waals surface area contributed by atoms with E-state index < -0.39 is 5.60 Å². The van der Waals surface area contributed by atoms with E-state index in [0.29, 0.717) is 26.0 Å². The van der Waals surface area contributed by atoms with E-state index in [1.165, 1.54) is 0 Å².